The number of allylic oxidation sites excluding steroid dienone is 4. The van der Waals surface area contributed by atoms with Crippen molar-refractivity contribution >= 4 is 63.9 Å². The van der Waals surface area contributed by atoms with Crippen molar-refractivity contribution in [3.8, 4) is 11.1 Å². The molecule has 0 aliphatic heterocycles. The van der Waals surface area contributed by atoms with Gasteiger partial charge in [-0.25, -0.2) is 0 Å². The van der Waals surface area contributed by atoms with E-state index in [0.717, 1.165) is 12.8 Å². The second kappa shape index (κ2) is 13.0. The van der Waals surface area contributed by atoms with E-state index in [0.29, 0.717) is 0 Å². The molecule has 0 N–H and O–H groups in total. The van der Waals surface area contributed by atoms with Crippen LogP contribution in [0, 0.1) is 0 Å². The highest BCUT2D eigenvalue weighted by Crippen LogP contribution is 2.51. The van der Waals surface area contributed by atoms with Crippen LogP contribution in [-0.4, -0.2) is 0 Å². The van der Waals surface area contributed by atoms with E-state index in [9.17, 15) is 0 Å². The predicted octanol–water partition coefficient (Wildman–Crippen LogP) is 10.1. The maximum absolute atomic E-state index is 2.49. The molecule has 0 fully saturated rings. The first kappa shape index (κ1) is 28.8. The number of rotatable bonds is 7. The molecule has 7 aromatic carbocycles. The van der Waals surface area contributed by atoms with Crippen molar-refractivity contribution in [1.82, 2.24) is 0 Å². The lowest BCUT2D eigenvalue weighted by molar-refractivity contribution is 1.21. The average molecular weight is 625 g/mol. The Balaban J connectivity index is 1.51. The lowest BCUT2D eigenvalue weighted by atomic mass is 9.93. The summed E-state index contributed by atoms with van der Waals surface area (Å²) in [5, 5.41) is 13.7. The van der Waals surface area contributed by atoms with Gasteiger partial charge in [0.1, 0.15) is 0 Å². The molecule has 220 valence electrons. The van der Waals surface area contributed by atoms with Crippen LogP contribution in [0.15, 0.2) is 187 Å². The van der Waals surface area contributed by atoms with E-state index in [4.69, 9.17) is 0 Å². The minimum atomic E-state index is -0.838. The van der Waals surface area contributed by atoms with E-state index in [1.165, 1.54) is 64.5 Å². The van der Waals surface area contributed by atoms with Gasteiger partial charge in [-0.15, -0.1) is 0 Å². The van der Waals surface area contributed by atoms with Crippen LogP contribution in [0.3, 0.4) is 0 Å². The van der Waals surface area contributed by atoms with Gasteiger partial charge in [-0.2, -0.15) is 0 Å². The number of fused-ring (bicyclic) bond motifs is 2. The quantitative estimate of drug-likeness (QED) is 0.122. The van der Waals surface area contributed by atoms with Crippen molar-refractivity contribution in [3.63, 3.8) is 0 Å². The van der Waals surface area contributed by atoms with Crippen molar-refractivity contribution in [3.05, 3.63) is 187 Å². The summed E-state index contributed by atoms with van der Waals surface area (Å²) in [4.78, 5) is 0. The zero-order valence-electron chi connectivity index (χ0n) is 25.6. The van der Waals surface area contributed by atoms with Gasteiger partial charge in [-0.1, -0.05) is 182 Å². The lowest BCUT2D eigenvalue weighted by Crippen LogP contribution is -2.24. The summed E-state index contributed by atoms with van der Waals surface area (Å²) in [5.74, 6) is 0. The van der Waals surface area contributed by atoms with Gasteiger partial charge >= 0.3 is 0 Å². The maximum atomic E-state index is 2.49. The molecule has 2 heteroatoms. The van der Waals surface area contributed by atoms with E-state index in [2.05, 4.69) is 182 Å². The molecule has 0 saturated carbocycles. The van der Waals surface area contributed by atoms with Crippen LogP contribution in [0.25, 0.3) is 32.7 Å². The highest BCUT2D eigenvalue weighted by Gasteiger charge is 2.28. The molecular formula is C44H34P2. The van der Waals surface area contributed by atoms with Crippen molar-refractivity contribution in [1.29, 1.82) is 0 Å². The van der Waals surface area contributed by atoms with E-state index in [1.54, 1.807) is 0 Å². The van der Waals surface area contributed by atoms with Gasteiger partial charge in [-0.3, -0.25) is 0 Å². The van der Waals surface area contributed by atoms with Gasteiger partial charge < -0.3 is 0 Å². The highest BCUT2D eigenvalue weighted by atomic mass is 31.1. The summed E-state index contributed by atoms with van der Waals surface area (Å²) in [6.45, 7) is 0. The summed E-state index contributed by atoms with van der Waals surface area (Å²) in [6, 6.07) is 61.1. The highest BCUT2D eigenvalue weighted by molar-refractivity contribution is 7.80. The van der Waals surface area contributed by atoms with Crippen LogP contribution in [0.2, 0.25) is 0 Å². The van der Waals surface area contributed by atoms with Gasteiger partial charge in [-0.05, 0) is 93.2 Å². The molecule has 1 unspecified atom stereocenters. The molecular weight excluding hydrogens is 590 g/mol. The van der Waals surface area contributed by atoms with Crippen LogP contribution >= 0.6 is 15.8 Å². The van der Waals surface area contributed by atoms with Crippen LogP contribution in [0.4, 0.5) is 0 Å². The van der Waals surface area contributed by atoms with Gasteiger partial charge in [0.05, 0.1) is 0 Å². The monoisotopic (exact) mass is 624 g/mol. The summed E-state index contributed by atoms with van der Waals surface area (Å²) in [6.07, 6.45) is 9.15. The Morgan fingerprint density at radius 3 is 1.28 bits per heavy atom. The summed E-state index contributed by atoms with van der Waals surface area (Å²) in [5.41, 5.74) is 2.76. The SMILES string of the molecule is C1=CCC(P(c2ccccc2)c2ccc3ccccc3c2-c2c(P(c3ccccc3)c3ccccc3)ccc3ccccc23)=CC1. The molecule has 7 aromatic rings. The minimum Gasteiger partial charge on any atom is -0.0844 e. The molecule has 46 heavy (non-hydrogen) atoms. The Hall–Kier alpha value is -4.60. The third kappa shape index (κ3) is 5.43. The van der Waals surface area contributed by atoms with E-state index >= 15 is 0 Å². The molecule has 1 aliphatic carbocycles. The molecule has 0 aromatic heterocycles. The molecule has 0 bridgehead atoms. The Labute approximate surface area is 274 Å². The largest absolute Gasteiger partial charge is 0.0844 e. The van der Waals surface area contributed by atoms with Gasteiger partial charge in [0, 0.05) is 0 Å². The number of benzene rings is 7. The summed E-state index contributed by atoms with van der Waals surface area (Å²) in [7, 11) is -1.60. The lowest BCUT2D eigenvalue weighted by Gasteiger charge is -2.29. The fourth-order valence-corrected chi connectivity index (χ4v) is 11.9. The third-order valence-corrected chi connectivity index (χ3v) is 14.0. The summed E-state index contributed by atoms with van der Waals surface area (Å²) < 4.78 is 0. The Morgan fingerprint density at radius 1 is 0.370 bits per heavy atom. The number of hydrogen-bond acceptors (Lipinski definition) is 0. The molecule has 0 amide bonds. The second-order valence-electron chi connectivity index (χ2n) is 11.6. The van der Waals surface area contributed by atoms with Crippen molar-refractivity contribution in [2.24, 2.45) is 0 Å². The van der Waals surface area contributed by atoms with E-state index in [1.807, 2.05) is 0 Å². The molecule has 0 spiro atoms. The van der Waals surface area contributed by atoms with Gasteiger partial charge in [0.2, 0.25) is 0 Å². The van der Waals surface area contributed by atoms with Crippen LogP contribution in [0.1, 0.15) is 12.8 Å². The van der Waals surface area contributed by atoms with Crippen molar-refractivity contribution in [2.75, 3.05) is 0 Å². The van der Waals surface area contributed by atoms with E-state index < -0.39 is 15.8 Å². The van der Waals surface area contributed by atoms with Crippen LogP contribution < -0.4 is 26.5 Å². The minimum absolute atomic E-state index is 0.765. The first-order valence-corrected chi connectivity index (χ1v) is 18.7. The number of hydrogen-bond donors (Lipinski definition) is 0. The second-order valence-corrected chi connectivity index (χ2v) is 16.1. The Morgan fingerprint density at radius 2 is 0.804 bits per heavy atom. The maximum Gasteiger partial charge on any atom is -0.000884 e. The van der Waals surface area contributed by atoms with Crippen LogP contribution in [-0.2, 0) is 0 Å². The fourth-order valence-electron chi connectivity index (χ4n) is 6.81. The van der Waals surface area contributed by atoms with Gasteiger partial charge in [0.15, 0.2) is 0 Å². The van der Waals surface area contributed by atoms with Gasteiger partial charge in [0.25, 0.3) is 0 Å². The zero-order valence-corrected chi connectivity index (χ0v) is 27.4. The summed E-state index contributed by atoms with van der Waals surface area (Å²) >= 11 is 0. The first-order chi connectivity index (χ1) is 22.9. The van der Waals surface area contributed by atoms with E-state index in [-0.39, 0.29) is 0 Å². The Kier molecular flexibility index (Phi) is 8.17. The molecule has 1 aliphatic rings. The molecule has 0 heterocycles. The average Bonchev–Trinajstić information content (AvgIpc) is 3.14. The fraction of sp³-hybridized carbons (Fsp3) is 0.0455. The molecule has 1 atom stereocenters. The molecule has 0 saturated heterocycles. The molecule has 8 rings (SSSR count). The Bertz CT molecular complexity index is 2160. The van der Waals surface area contributed by atoms with Crippen LogP contribution in [0.5, 0.6) is 0 Å². The smallest absolute Gasteiger partial charge is 0.000884 e. The molecule has 0 nitrogen and oxygen atoms in total. The predicted molar refractivity (Wildman–Crippen MR) is 205 cm³/mol. The van der Waals surface area contributed by atoms with Crippen molar-refractivity contribution < 1.29 is 0 Å². The first-order valence-electron chi connectivity index (χ1n) is 16.0. The van der Waals surface area contributed by atoms with Crippen molar-refractivity contribution in [2.45, 2.75) is 12.8 Å². The normalized spacial score (nSPS) is 13.6. The third-order valence-electron chi connectivity index (χ3n) is 8.86. The molecule has 0 radical (unpaired) electrons. The standard InChI is InChI=1S/C44H34P2/c1-5-19-35(20-6-1)45(36-21-7-2-8-22-36)41-31-29-33-17-13-15-27-39(33)43(41)44-40-28-16-14-18-34(40)30-32-42(44)46(37-23-9-3-10-24-37)38-25-11-4-12-26-38/h1-11,13-24,26-32H,12,25H2. The zero-order chi connectivity index (χ0) is 30.7. The topological polar surface area (TPSA) is 0 Å².